The molecule has 0 spiro atoms. The van der Waals surface area contributed by atoms with Gasteiger partial charge in [0.15, 0.2) is 0 Å². The van der Waals surface area contributed by atoms with E-state index in [0.717, 1.165) is 18.8 Å². The van der Waals surface area contributed by atoms with Gasteiger partial charge in [-0.25, -0.2) is 4.79 Å². The lowest BCUT2D eigenvalue weighted by Crippen LogP contribution is -2.06. The Balaban J connectivity index is 3.31. The molecule has 3 nitrogen and oxygen atoms in total. The standard InChI is InChI=1S/C13H21NO2/c1-11(2)8-6-4-5-7-9-16-13(15)12(3)10-14/h11H,3-9H2,1-2H3. The van der Waals surface area contributed by atoms with E-state index in [-0.39, 0.29) is 5.57 Å². The van der Waals surface area contributed by atoms with Gasteiger partial charge in [-0.2, -0.15) is 5.26 Å². The molecule has 3 heteroatoms. The molecular formula is C13H21NO2. The molecule has 0 aromatic rings. The van der Waals surface area contributed by atoms with Crippen LogP contribution in [-0.4, -0.2) is 12.6 Å². The summed E-state index contributed by atoms with van der Waals surface area (Å²) < 4.78 is 4.86. The molecule has 0 atom stereocenters. The Bertz CT molecular complexity index is 264. The van der Waals surface area contributed by atoms with E-state index >= 15 is 0 Å². The highest BCUT2D eigenvalue weighted by atomic mass is 16.5. The van der Waals surface area contributed by atoms with Crippen molar-refractivity contribution < 1.29 is 9.53 Å². The number of carbonyl (C=O) groups excluding carboxylic acids is 1. The van der Waals surface area contributed by atoms with Crippen molar-refractivity contribution >= 4 is 5.97 Å². The van der Waals surface area contributed by atoms with E-state index in [1.807, 2.05) is 0 Å². The number of unbranched alkanes of at least 4 members (excludes halogenated alkanes) is 3. The molecule has 16 heavy (non-hydrogen) atoms. The molecule has 0 saturated heterocycles. The van der Waals surface area contributed by atoms with Crippen LogP contribution < -0.4 is 0 Å². The Kier molecular flexibility index (Phi) is 8.24. The Morgan fingerprint density at radius 3 is 2.50 bits per heavy atom. The highest BCUT2D eigenvalue weighted by molar-refractivity contribution is 5.91. The largest absolute Gasteiger partial charge is 0.462 e. The zero-order chi connectivity index (χ0) is 12.4. The number of nitriles is 1. The fourth-order valence-corrected chi connectivity index (χ4v) is 1.31. The van der Waals surface area contributed by atoms with Gasteiger partial charge in [0, 0.05) is 0 Å². The second-order valence-corrected chi connectivity index (χ2v) is 4.32. The van der Waals surface area contributed by atoms with E-state index in [9.17, 15) is 4.79 Å². The number of carbonyl (C=O) groups is 1. The van der Waals surface area contributed by atoms with Gasteiger partial charge in [0.05, 0.1) is 6.61 Å². The quantitative estimate of drug-likeness (QED) is 0.275. The van der Waals surface area contributed by atoms with Gasteiger partial charge in [-0.1, -0.05) is 46.1 Å². The second-order valence-electron chi connectivity index (χ2n) is 4.32. The van der Waals surface area contributed by atoms with E-state index in [1.165, 1.54) is 19.3 Å². The van der Waals surface area contributed by atoms with Crippen molar-refractivity contribution in [3.05, 3.63) is 12.2 Å². The number of ether oxygens (including phenoxy) is 1. The summed E-state index contributed by atoms with van der Waals surface area (Å²) in [4.78, 5) is 11.0. The molecule has 0 aromatic carbocycles. The summed E-state index contributed by atoms with van der Waals surface area (Å²) in [5, 5.41) is 8.38. The first-order valence-electron chi connectivity index (χ1n) is 5.84. The van der Waals surface area contributed by atoms with Crippen LogP contribution in [-0.2, 0) is 9.53 Å². The highest BCUT2D eigenvalue weighted by Crippen LogP contribution is 2.09. The third-order valence-corrected chi connectivity index (χ3v) is 2.29. The van der Waals surface area contributed by atoms with Crippen molar-refractivity contribution in [2.75, 3.05) is 6.61 Å². The SMILES string of the molecule is C=C(C#N)C(=O)OCCCCCCC(C)C. The van der Waals surface area contributed by atoms with Crippen LogP contribution in [0, 0.1) is 17.2 Å². The Hall–Kier alpha value is -1.30. The molecule has 0 aliphatic heterocycles. The summed E-state index contributed by atoms with van der Waals surface area (Å²) >= 11 is 0. The maximum Gasteiger partial charge on any atom is 0.348 e. The first-order chi connectivity index (χ1) is 7.57. The van der Waals surface area contributed by atoms with Gasteiger partial charge in [-0.05, 0) is 12.3 Å². The molecule has 0 aliphatic carbocycles. The van der Waals surface area contributed by atoms with Crippen LogP contribution in [0.2, 0.25) is 0 Å². The average molecular weight is 223 g/mol. The predicted molar refractivity (Wildman–Crippen MR) is 63.6 cm³/mol. The summed E-state index contributed by atoms with van der Waals surface area (Å²) in [7, 11) is 0. The van der Waals surface area contributed by atoms with Crippen molar-refractivity contribution in [3.8, 4) is 6.07 Å². The number of nitrogens with zero attached hydrogens (tertiary/aromatic N) is 1. The molecule has 0 aromatic heterocycles. The van der Waals surface area contributed by atoms with Crippen LogP contribution in [0.3, 0.4) is 0 Å². The number of esters is 1. The minimum absolute atomic E-state index is 0.125. The molecule has 0 N–H and O–H groups in total. The van der Waals surface area contributed by atoms with E-state index < -0.39 is 5.97 Å². The smallest absolute Gasteiger partial charge is 0.348 e. The van der Waals surface area contributed by atoms with Crippen LogP contribution in [0.1, 0.15) is 46.0 Å². The Morgan fingerprint density at radius 1 is 1.31 bits per heavy atom. The van der Waals surface area contributed by atoms with Crippen molar-refractivity contribution in [3.63, 3.8) is 0 Å². The van der Waals surface area contributed by atoms with E-state index in [0.29, 0.717) is 6.61 Å². The zero-order valence-electron chi connectivity index (χ0n) is 10.3. The first-order valence-corrected chi connectivity index (χ1v) is 5.84. The van der Waals surface area contributed by atoms with Gasteiger partial charge in [-0.3, -0.25) is 0 Å². The third-order valence-electron chi connectivity index (χ3n) is 2.29. The van der Waals surface area contributed by atoms with E-state index in [4.69, 9.17) is 10.00 Å². The van der Waals surface area contributed by atoms with Crippen LogP contribution in [0.4, 0.5) is 0 Å². The summed E-state index contributed by atoms with van der Waals surface area (Å²) in [6, 6.07) is 1.67. The fourth-order valence-electron chi connectivity index (χ4n) is 1.31. The number of rotatable bonds is 8. The maximum atomic E-state index is 11.0. The van der Waals surface area contributed by atoms with Gasteiger partial charge >= 0.3 is 5.97 Å². The molecule has 0 aliphatic rings. The molecule has 0 rings (SSSR count). The number of hydrogen-bond donors (Lipinski definition) is 0. The lowest BCUT2D eigenvalue weighted by Gasteiger charge is -2.05. The maximum absolute atomic E-state index is 11.0. The third kappa shape index (κ3) is 8.05. The Labute approximate surface area is 98.1 Å². The highest BCUT2D eigenvalue weighted by Gasteiger charge is 2.06. The van der Waals surface area contributed by atoms with Crippen LogP contribution in [0.15, 0.2) is 12.2 Å². The van der Waals surface area contributed by atoms with Gasteiger partial charge < -0.3 is 4.74 Å². The minimum Gasteiger partial charge on any atom is -0.462 e. The van der Waals surface area contributed by atoms with Crippen molar-refractivity contribution in [1.29, 1.82) is 5.26 Å². The molecule has 0 radical (unpaired) electrons. The van der Waals surface area contributed by atoms with Gasteiger partial charge in [0.2, 0.25) is 0 Å². The van der Waals surface area contributed by atoms with E-state index in [2.05, 4.69) is 20.4 Å². The monoisotopic (exact) mass is 223 g/mol. The average Bonchev–Trinajstić information content (AvgIpc) is 2.25. The van der Waals surface area contributed by atoms with Crippen LogP contribution >= 0.6 is 0 Å². The van der Waals surface area contributed by atoms with Gasteiger partial charge in [0.25, 0.3) is 0 Å². The van der Waals surface area contributed by atoms with Crippen molar-refractivity contribution in [2.24, 2.45) is 5.92 Å². The van der Waals surface area contributed by atoms with Crippen molar-refractivity contribution in [1.82, 2.24) is 0 Å². The molecule has 0 unspecified atom stereocenters. The molecule has 0 heterocycles. The minimum atomic E-state index is -0.593. The van der Waals surface area contributed by atoms with Crippen LogP contribution in [0.5, 0.6) is 0 Å². The van der Waals surface area contributed by atoms with Gasteiger partial charge in [-0.15, -0.1) is 0 Å². The van der Waals surface area contributed by atoms with Crippen LogP contribution in [0.25, 0.3) is 0 Å². The zero-order valence-corrected chi connectivity index (χ0v) is 10.3. The number of hydrogen-bond acceptors (Lipinski definition) is 3. The molecule has 0 amide bonds. The molecule has 0 saturated carbocycles. The first kappa shape index (κ1) is 14.7. The van der Waals surface area contributed by atoms with Gasteiger partial charge in [0.1, 0.15) is 11.6 Å². The summed E-state index contributed by atoms with van der Waals surface area (Å²) in [6.07, 6.45) is 5.60. The summed E-state index contributed by atoms with van der Waals surface area (Å²) in [5.41, 5.74) is -0.125. The summed E-state index contributed by atoms with van der Waals surface area (Å²) in [6.45, 7) is 8.11. The fraction of sp³-hybridized carbons (Fsp3) is 0.692. The Morgan fingerprint density at radius 2 is 1.94 bits per heavy atom. The second kappa shape index (κ2) is 8.96. The lowest BCUT2D eigenvalue weighted by molar-refractivity contribution is -0.138. The summed E-state index contributed by atoms with van der Waals surface area (Å²) in [5.74, 6) is 0.168. The predicted octanol–water partition coefficient (Wildman–Crippen LogP) is 3.22. The van der Waals surface area contributed by atoms with Crippen molar-refractivity contribution in [2.45, 2.75) is 46.0 Å². The lowest BCUT2D eigenvalue weighted by atomic mass is 10.0. The topological polar surface area (TPSA) is 50.1 Å². The molecule has 0 fully saturated rings. The normalized spacial score (nSPS) is 9.88. The molecule has 90 valence electrons. The molecular weight excluding hydrogens is 202 g/mol. The van der Waals surface area contributed by atoms with E-state index in [1.54, 1.807) is 6.07 Å². The molecule has 0 bridgehead atoms.